The van der Waals surface area contributed by atoms with E-state index in [1.165, 1.54) is 28.3 Å². The first-order valence-corrected chi connectivity index (χ1v) is 10.6. The third-order valence-electron chi connectivity index (χ3n) is 4.89. The minimum absolute atomic E-state index is 0.123. The number of aryl methyl sites for hydroxylation is 2. The van der Waals surface area contributed by atoms with Gasteiger partial charge in [0.05, 0.1) is 17.0 Å². The van der Waals surface area contributed by atoms with Gasteiger partial charge in [-0.3, -0.25) is 0 Å². The zero-order chi connectivity index (χ0) is 22.2. The fourth-order valence-electron chi connectivity index (χ4n) is 3.08. The van der Waals surface area contributed by atoms with E-state index in [9.17, 15) is 4.39 Å². The molecular weight excluding hydrogens is 409 g/mol. The number of hydrogen-bond donors (Lipinski definition) is 1. The van der Waals surface area contributed by atoms with Gasteiger partial charge in [-0.05, 0) is 50.1 Å². The van der Waals surface area contributed by atoms with Crippen molar-refractivity contribution in [3.05, 3.63) is 112 Å². The lowest BCUT2D eigenvalue weighted by molar-refractivity contribution is 0.628. The number of rotatable bonds is 5. The van der Waals surface area contributed by atoms with Crippen molar-refractivity contribution in [2.24, 2.45) is 5.73 Å². The quantitative estimate of drug-likeness (QED) is 0.405. The van der Waals surface area contributed by atoms with Crippen molar-refractivity contribution < 1.29 is 4.39 Å². The molecule has 0 aliphatic heterocycles. The molecule has 3 aromatic carbocycles. The van der Waals surface area contributed by atoms with E-state index in [0.29, 0.717) is 0 Å². The fourth-order valence-corrected chi connectivity index (χ4v) is 3.19. The highest BCUT2D eigenvalue weighted by Gasteiger charge is 2.06. The molecule has 0 bridgehead atoms. The molecule has 3 nitrogen and oxygen atoms in total. The molecule has 4 rings (SSSR count). The number of benzene rings is 3. The summed E-state index contributed by atoms with van der Waals surface area (Å²) < 4.78 is 15.5. The second kappa shape index (κ2) is 10.9. The van der Waals surface area contributed by atoms with Gasteiger partial charge in [-0.2, -0.15) is 0 Å². The number of nitrogens with two attached hydrogens (primary N) is 1. The standard InChI is InChI=1S/C17H14ClFN2.C9H13N/c1-12-2-4-13(5-3-12)9-21-10-17(20-11-21)14-6-7-15(18)16(19)8-14;1-8-2-4-9(5-3-8)6-7-10/h2-8,10-11H,9H2,1H3;2-5H,6-7,10H2,1H3. The first kappa shape index (κ1) is 22.7. The molecule has 0 spiro atoms. The van der Waals surface area contributed by atoms with Crippen LogP contribution in [-0.2, 0) is 13.0 Å². The number of hydrogen-bond acceptors (Lipinski definition) is 2. The highest BCUT2D eigenvalue weighted by molar-refractivity contribution is 6.30. The van der Waals surface area contributed by atoms with Crippen LogP contribution in [0.2, 0.25) is 5.02 Å². The van der Waals surface area contributed by atoms with Crippen LogP contribution in [0.5, 0.6) is 0 Å². The summed E-state index contributed by atoms with van der Waals surface area (Å²) in [5, 5.41) is 0.123. The molecule has 0 radical (unpaired) electrons. The second-order valence-electron chi connectivity index (χ2n) is 7.57. The van der Waals surface area contributed by atoms with Crippen LogP contribution in [0.25, 0.3) is 11.3 Å². The van der Waals surface area contributed by atoms with Crippen molar-refractivity contribution in [3.8, 4) is 11.3 Å². The van der Waals surface area contributed by atoms with Gasteiger partial charge >= 0.3 is 0 Å². The molecule has 4 aromatic rings. The monoisotopic (exact) mass is 435 g/mol. The fraction of sp³-hybridized carbons (Fsp3) is 0.192. The molecule has 0 atom stereocenters. The van der Waals surface area contributed by atoms with Gasteiger partial charge in [0.15, 0.2) is 0 Å². The van der Waals surface area contributed by atoms with Crippen LogP contribution < -0.4 is 5.73 Å². The molecule has 0 fully saturated rings. The van der Waals surface area contributed by atoms with Gasteiger partial charge in [-0.25, -0.2) is 9.37 Å². The molecule has 0 unspecified atom stereocenters. The topological polar surface area (TPSA) is 43.8 Å². The SMILES string of the molecule is Cc1ccc(CCN)cc1.Cc1ccc(Cn2cnc(-c3ccc(Cl)c(F)c3)c2)cc1. The molecule has 0 aliphatic carbocycles. The smallest absolute Gasteiger partial charge is 0.142 e. The third kappa shape index (κ3) is 6.78. The number of imidazole rings is 1. The van der Waals surface area contributed by atoms with Crippen molar-refractivity contribution in [3.63, 3.8) is 0 Å². The number of nitrogens with zero attached hydrogens (tertiary/aromatic N) is 2. The average Bonchev–Trinajstić information content (AvgIpc) is 3.23. The van der Waals surface area contributed by atoms with Gasteiger partial charge in [0.2, 0.25) is 0 Å². The van der Waals surface area contributed by atoms with Gasteiger partial charge in [-0.1, -0.05) is 77.3 Å². The van der Waals surface area contributed by atoms with Crippen LogP contribution in [0.15, 0.2) is 79.3 Å². The van der Waals surface area contributed by atoms with E-state index in [0.717, 1.165) is 30.8 Å². The Kier molecular flexibility index (Phi) is 7.99. The lowest BCUT2D eigenvalue weighted by Crippen LogP contribution is -2.02. The maximum Gasteiger partial charge on any atom is 0.142 e. The summed E-state index contributed by atoms with van der Waals surface area (Å²) in [6.07, 6.45) is 4.64. The maximum atomic E-state index is 13.5. The summed E-state index contributed by atoms with van der Waals surface area (Å²) in [6.45, 7) is 5.63. The van der Waals surface area contributed by atoms with Gasteiger partial charge in [-0.15, -0.1) is 0 Å². The zero-order valence-electron chi connectivity index (χ0n) is 17.9. The van der Waals surface area contributed by atoms with E-state index in [4.69, 9.17) is 17.3 Å². The van der Waals surface area contributed by atoms with Gasteiger partial charge in [0.25, 0.3) is 0 Å². The normalized spacial score (nSPS) is 10.5. The van der Waals surface area contributed by atoms with Gasteiger partial charge < -0.3 is 10.3 Å². The van der Waals surface area contributed by atoms with E-state index in [1.54, 1.807) is 18.5 Å². The molecule has 2 N–H and O–H groups in total. The summed E-state index contributed by atoms with van der Waals surface area (Å²) in [7, 11) is 0. The third-order valence-corrected chi connectivity index (χ3v) is 5.19. The summed E-state index contributed by atoms with van der Waals surface area (Å²) in [5.41, 5.74) is 11.9. The second-order valence-corrected chi connectivity index (χ2v) is 7.98. The van der Waals surface area contributed by atoms with E-state index in [-0.39, 0.29) is 5.02 Å². The van der Waals surface area contributed by atoms with Crippen molar-refractivity contribution >= 4 is 11.6 Å². The predicted molar refractivity (Wildman–Crippen MR) is 127 cm³/mol. The van der Waals surface area contributed by atoms with E-state index in [2.05, 4.69) is 67.4 Å². The van der Waals surface area contributed by atoms with Crippen molar-refractivity contribution in [1.29, 1.82) is 0 Å². The molecule has 0 saturated heterocycles. The van der Waals surface area contributed by atoms with Crippen LogP contribution in [0, 0.1) is 19.7 Å². The van der Waals surface area contributed by atoms with Gasteiger partial charge in [0, 0.05) is 18.3 Å². The Labute approximate surface area is 188 Å². The van der Waals surface area contributed by atoms with Crippen LogP contribution >= 0.6 is 11.6 Å². The molecule has 31 heavy (non-hydrogen) atoms. The molecule has 0 saturated carbocycles. The highest BCUT2D eigenvalue weighted by atomic mass is 35.5. The van der Waals surface area contributed by atoms with E-state index < -0.39 is 5.82 Å². The average molecular weight is 436 g/mol. The van der Waals surface area contributed by atoms with Crippen molar-refractivity contribution in [2.75, 3.05) is 6.54 Å². The van der Waals surface area contributed by atoms with Crippen molar-refractivity contribution in [1.82, 2.24) is 9.55 Å². The Morgan fingerprint density at radius 1 is 0.903 bits per heavy atom. The lowest BCUT2D eigenvalue weighted by atomic mass is 10.1. The largest absolute Gasteiger partial charge is 0.332 e. The summed E-state index contributed by atoms with van der Waals surface area (Å²) in [5.74, 6) is -0.428. The minimum atomic E-state index is -0.428. The Balaban J connectivity index is 0.000000229. The zero-order valence-corrected chi connectivity index (χ0v) is 18.6. The van der Waals surface area contributed by atoms with Crippen LogP contribution in [0.3, 0.4) is 0 Å². The summed E-state index contributed by atoms with van der Waals surface area (Å²) in [4.78, 5) is 4.32. The molecule has 5 heteroatoms. The van der Waals surface area contributed by atoms with E-state index in [1.807, 2.05) is 10.8 Å². The minimum Gasteiger partial charge on any atom is -0.332 e. The lowest BCUT2D eigenvalue weighted by Gasteiger charge is -2.03. The van der Waals surface area contributed by atoms with Crippen LogP contribution in [-0.4, -0.2) is 16.1 Å². The Morgan fingerprint density at radius 2 is 1.52 bits per heavy atom. The molecule has 1 heterocycles. The Hall–Kier alpha value is -2.95. The predicted octanol–water partition coefficient (Wildman–Crippen LogP) is 6.20. The van der Waals surface area contributed by atoms with Gasteiger partial charge in [0.1, 0.15) is 5.82 Å². The van der Waals surface area contributed by atoms with Crippen LogP contribution in [0.1, 0.15) is 22.3 Å². The summed E-state index contributed by atoms with van der Waals surface area (Å²) >= 11 is 5.69. The Bertz CT molecular complexity index is 1100. The number of aromatic nitrogens is 2. The highest BCUT2D eigenvalue weighted by Crippen LogP contribution is 2.23. The first-order chi connectivity index (χ1) is 14.9. The molecular formula is C26H27ClFN3. The first-order valence-electron chi connectivity index (χ1n) is 10.2. The summed E-state index contributed by atoms with van der Waals surface area (Å²) in [6, 6.07) is 21.6. The van der Waals surface area contributed by atoms with Crippen molar-refractivity contribution in [2.45, 2.75) is 26.8 Å². The molecule has 0 amide bonds. The number of halogens is 2. The van der Waals surface area contributed by atoms with Crippen LogP contribution in [0.4, 0.5) is 4.39 Å². The maximum absolute atomic E-state index is 13.5. The van der Waals surface area contributed by atoms with E-state index >= 15 is 0 Å². The molecule has 0 aliphatic rings. The molecule has 160 valence electrons. The Morgan fingerprint density at radius 3 is 2.10 bits per heavy atom. The molecule has 1 aromatic heterocycles.